The van der Waals surface area contributed by atoms with E-state index >= 15 is 4.39 Å². The first kappa shape index (κ1) is 24.0. The zero-order valence-corrected chi connectivity index (χ0v) is 22.5. The third kappa shape index (κ3) is 4.06. The van der Waals surface area contributed by atoms with Crippen LogP contribution in [0, 0.1) is 17.7 Å². The van der Waals surface area contributed by atoms with Crippen LogP contribution in [0.2, 0.25) is 0 Å². The Balaban J connectivity index is 1.03. The number of fused-ring (bicyclic) bond motifs is 1. The van der Waals surface area contributed by atoms with Gasteiger partial charge in [-0.3, -0.25) is 0 Å². The third-order valence-corrected chi connectivity index (χ3v) is 9.37. The number of anilines is 4. The highest BCUT2D eigenvalue weighted by atomic mass is 19.1. The van der Waals surface area contributed by atoms with Crippen molar-refractivity contribution in [1.29, 1.82) is 0 Å². The van der Waals surface area contributed by atoms with E-state index in [-0.39, 0.29) is 5.82 Å². The van der Waals surface area contributed by atoms with Crippen molar-refractivity contribution >= 4 is 23.3 Å². The molecule has 3 atom stereocenters. The molecule has 4 heterocycles. The normalized spacial score (nSPS) is 29.6. The third-order valence-electron chi connectivity index (χ3n) is 9.37. The molecule has 2 aliphatic carbocycles. The minimum absolute atomic E-state index is 0.220. The van der Waals surface area contributed by atoms with E-state index < -0.39 is 5.66 Å². The van der Waals surface area contributed by atoms with Gasteiger partial charge in [0.15, 0.2) is 5.66 Å². The first-order valence-corrected chi connectivity index (χ1v) is 14.4. The number of benzene rings is 1. The van der Waals surface area contributed by atoms with Gasteiger partial charge in [-0.25, -0.2) is 4.39 Å². The molecule has 1 unspecified atom stereocenters. The second-order valence-corrected chi connectivity index (χ2v) is 12.2. The van der Waals surface area contributed by atoms with E-state index in [0.29, 0.717) is 41.1 Å². The fourth-order valence-electron chi connectivity index (χ4n) is 7.38. The summed E-state index contributed by atoms with van der Waals surface area (Å²) in [5.74, 6) is 1.70. The Morgan fingerprint density at radius 3 is 2.68 bits per heavy atom. The van der Waals surface area contributed by atoms with Crippen molar-refractivity contribution in [3.8, 4) is 0 Å². The van der Waals surface area contributed by atoms with Gasteiger partial charge in [0.2, 0.25) is 11.9 Å². The maximum Gasteiger partial charge on any atom is 0.248 e. The minimum Gasteiger partial charge on any atom is -0.369 e. The molecule has 202 valence electrons. The summed E-state index contributed by atoms with van der Waals surface area (Å²) >= 11 is 0. The van der Waals surface area contributed by atoms with E-state index in [0.717, 1.165) is 38.8 Å². The van der Waals surface area contributed by atoms with Gasteiger partial charge >= 0.3 is 0 Å². The Bertz CT molecular complexity index is 1300. The van der Waals surface area contributed by atoms with Crippen molar-refractivity contribution in [2.24, 2.45) is 11.8 Å². The van der Waals surface area contributed by atoms with Crippen LogP contribution in [0.5, 0.6) is 0 Å². The van der Waals surface area contributed by atoms with Crippen LogP contribution in [-0.4, -0.2) is 51.9 Å². The van der Waals surface area contributed by atoms with Crippen LogP contribution in [0.1, 0.15) is 58.8 Å². The van der Waals surface area contributed by atoms with Crippen molar-refractivity contribution < 1.29 is 4.39 Å². The number of hydrogen-bond donors (Lipinski definition) is 3. The van der Waals surface area contributed by atoms with E-state index in [1.807, 2.05) is 12.1 Å². The number of nitrogen functional groups attached to an aromatic ring is 1. The van der Waals surface area contributed by atoms with Gasteiger partial charge in [-0.2, -0.15) is 9.67 Å². The van der Waals surface area contributed by atoms with Crippen molar-refractivity contribution in [3.05, 3.63) is 46.9 Å². The van der Waals surface area contributed by atoms with Gasteiger partial charge in [-0.1, -0.05) is 19.9 Å². The molecular weight excluding hydrogens is 479 g/mol. The first-order chi connectivity index (χ1) is 18.4. The summed E-state index contributed by atoms with van der Waals surface area (Å²) in [6.07, 6.45) is 10.3. The molecule has 3 fully saturated rings. The van der Waals surface area contributed by atoms with Gasteiger partial charge in [0.1, 0.15) is 5.82 Å². The average molecular weight is 519 g/mol. The topological polar surface area (TPSA) is 87.3 Å². The molecule has 2 saturated heterocycles. The Morgan fingerprint density at radius 2 is 1.92 bits per heavy atom. The number of halogens is 1. The lowest BCUT2D eigenvalue weighted by Crippen LogP contribution is -2.44. The fourth-order valence-corrected chi connectivity index (χ4v) is 7.38. The second kappa shape index (κ2) is 9.00. The smallest absolute Gasteiger partial charge is 0.248 e. The fraction of sp³-hybridized carbons (Fsp3) is 0.586. The van der Waals surface area contributed by atoms with Gasteiger partial charge in [0.25, 0.3) is 0 Å². The summed E-state index contributed by atoms with van der Waals surface area (Å²) in [6, 6.07) is 5.97. The predicted molar refractivity (Wildman–Crippen MR) is 149 cm³/mol. The molecule has 0 radical (unpaired) electrons. The Kier molecular flexibility index (Phi) is 5.69. The lowest BCUT2D eigenvalue weighted by Gasteiger charge is -2.37. The van der Waals surface area contributed by atoms with E-state index in [1.54, 1.807) is 10.7 Å². The molecule has 0 spiro atoms. The molecule has 7 rings (SSSR count). The van der Waals surface area contributed by atoms with E-state index in [2.05, 4.69) is 45.3 Å². The molecule has 1 saturated carbocycles. The van der Waals surface area contributed by atoms with Crippen LogP contribution < -0.4 is 21.3 Å². The molecular formula is C29H39FN8. The van der Waals surface area contributed by atoms with Gasteiger partial charge < -0.3 is 26.2 Å². The van der Waals surface area contributed by atoms with Crippen LogP contribution >= 0.6 is 0 Å². The van der Waals surface area contributed by atoms with Crippen molar-refractivity contribution in [1.82, 2.24) is 25.0 Å². The molecule has 38 heavy (non-hydrogen) atoms. The van der Waals surface area contributed by atoms with Crippen LogP contribution in [0.25, 0.3) is 0 Å². The maximum absolute atomic E-state index is 15.2. The predicted octanol–water partition coefficient (Wildman–Crippen LogP) is 4.71. The van der Waals surface area contributed by atoms with E-state index in [4.69, 9.17) is 10.8 Å². The summed E-state index contributed by atoms with van der Waals surface area (Å²) in [6.45, 7) is 8.85. The van der Waals surface area contributed by atoms with Gasteiger partial charge in [0, 0.05) is 36.9 Å². The molecule has 4 N–H and O–H groups in total. The summed E-state index contributed by atoms with van der Waals surface area (Å²) in [5, 5.41) is 11.7. The lowest BCUT2D eigenvalue weighted by atomic mass is 9.80. The van der Waals surface area contributed by atoms with Crippen LogP contribution in [0.15, 0.2) is 41.1 Å². The van der Waals surface area contributed by atoms with Gasteiger partial charge in [-0.15, -0.1) is 5.10 Å². The highest BCUT2D eigenvalue weighted by Gasteiger charge is 2.56. The zero-order valence-electron chi connectivity index (χ0n) is 22.5. The van der Waals surface area contributed by atoms with Crippen LogP contribution in [-0.2, 0) is 5.66 Å². The maximum atomic E-state index is 15.2. The number of nitrogens with one attached hydrogen (secondary N) is 2. The van der Waals surface area contributed by atoms with Crippen LogP contribution in [0.3, 0.4) is 0 Å². The Hall–Kier alpha value is -3.07. The van der Waals surface area contributed by atoms with Crippen molar-refractivity contribution in [2.45, 2.75) is 70.5 Å². The molecule has 1 aromatic carbocycles. The average Bonchev–Trinajstić information content (AvgIpc) is 3.19. The number of nitrogens with two attached hydrogens (primary N) is 1. The highest BCUT2D eigenvalue weighted by Crippen LogP contribution is 2.54. The summed E-state index contributed by atoms with van der Waals surface area (Å²) in [4.78, 5) is 9.27. The number of likely N-dealkylation sites (tertiary alicyclic amines) is 1. The highest BCUT2D eigenvalue weighted by molar-refractivity contribution is 5.61. The van der Waals surface area contributed by atoms with E-state index in [9.17, 15) is 0 Å². The molecule has 3 aliphatic heterocycles. The molecule has 1 aromatic heterocycles. The van der Waals surface area contributed by atoms with Gasteiger partial charge in [0.05, 0.1) is 5.69 Å². The van der Waals surface area contributed by atoms with Crippen molar-refractivity contribution in [2.75, 3.05) is 42.1 Å². The van der Waals surface area contributed by atoms with E-state index in [1.165, 1.54) is 49.2 Å². The summed E-state index contributed by atoms with van der Waals surface area (Å²) in [5.41, 5.74) is 11.3. The number of piperidine rings is 1. The monoisotopic (exact) mass is 518 g/mol. The molecule has 8 nitrogen and oxygen atoms in total. The second-order valence-electron chi connectivity index (χ2n) is 12.2. The molecule has 0 amide bonds. The largest absolute Gasteiger partial charge is 0.369 e. The standard InChI is InChI=1S/C29H39FN8/c1-18-13-19(2)26-20(14-18)15-21-17-29(21,34-26)38-27(31)33-28(35-38)32-22-5-6-25(24(30)16-22)37-11-7-23(8-12-37)36-9-3-4-10-36/h5-6,15-16,18-19,23,34H,3-4,7-14,17H2,1-2H3,(H3,31,32,33,35)/t18-,19-,29?/m1/s1. The lowest BCUT2D eigenvalue weighted by molar-refractivity contribution is 0.207. The molecule has 2 aromatic rings. The first-order valence-electron chi connectivity index (χ1n) is 14.4. The number of allylic oxidation sites excluding steroid dienone is 3. The number of hydrogen-bond acceptors (Lipinski definition) is 7. The molecule has 5 aliphatic rings. The summed E-state index contributed by atoms with van der Waals surface area (Å²) in [7, 11) is 0. The number of rotatable bonds is 5. The van der Waals surface area contributed by atoms with Gasteiger partial charge in [-0.05, 0) is 92.8 Å². The number of aromatic nitrogens is 3. The van der Waals surface area contributed by atoms with Crippen molar-refractivity contribution in [3.63, 3.8) is 0 Å². The number of dihydropyridines is 1. The quantitative estimate of drug-likeness (QED) is 0.528. The minimum atomic E-state index is -0.416. The summed E-state index contributed by atoms with van der Waals surface area (Å²) < 4.78 is 17.0. The Morgan fingerprint density at radius 1 is 1.13 bits per heavy atom. The molecule has 0 bridgehead atoms. The SMILES string of the molecule is C[C@H]1CC2=C(NC3(n4nc(Nc5ccc(N6CCC(N7CCCC7)CC6)c(F)c5)nc4N)CC3=C2)[C@H](C)C1. The molecule has 9 heteroatoms. The Labute approximate surface area is 224 Å². The van der Waals surface area contributed by atoms with Crippen LogP contribution in [0.4, 0.5) is 27.7 Å². The number of nitrogens with zero attached hydrogens (tertiary/aromatic N) is 5. The zero-order chi connectivity index (χ0) is 26.0.